The number of carbonyl (C=O) groups excluding carboxylic acids is 3. The van der Waals surface area contributed by atoms with Gasteiger partial charge in [0.2, 0.25) is 0 Å². The number of pyridine rings is 1. The summed E-state index contributed by atoms with van der Waals surface area (Å²) in [6.07, 6.45) is 5.24. The second kappa shape index (κ2) is 10.0. The molecule has 0 aromatic carbocycles. The quantitative estimate of drug-likeness (QED) is 0.367. The van der Waals surface area contributed by atoms with Crippen LogP contribution in [0.4, 0.5) is 10.6 Å². The molecule has 7 heteroatoms. The SMILES string of the molecule is C/C=C\C(=C/C)C(=O)Nc1ccc(C(=O)OC(=O)OCC(C)C)cn1. The van der Waals surface area contributed by atoms with Gasteiger partial charge in [0.05, 0.1) is 12.2 Å². The number of ether oxygens (including phenoxy) is 2. The smallest absolute Gasteiger partial charge is 0.434 e. The predicted octanol–water partition coefficient (Wildman–Crippen LogP) is 3.49. The lowest BCUT2D eigenvalue weighted by atomic mass is 10.2. The highest BCUT2D eigenvalue weighted by Gasteiger charge is 2.15. The number of anilines is 1. The normalized spacial score (nSPS) is 11.5. The van der Waals surface area contributed by atoms with E-state index >= 15 is 0 Å². The van der Waals surface area contributed by atoms with E-state index < -0.39 is 12.1 Å². The Morgan fingerprint density at radius 3 is 2.48 bits per heavy atom. The molecule has 1 N–H and O–H groups in total. The molecule has 1 amide bonds. The van der Waals surface area contributed by atoms with Crippen LogP contribution in [0.5, 0.6) is 0 Å². The van der Waals surface area contributed by atoms with Crippen LogP contribution in [-0.4, -0.2) is 29.6 Å². The molecule has 0 aliphatic carbocycles. The van der Waals surface area contributed by atoms with Gasteiger partial charge in [-0.05, 0) is 31.9 Å². The minimum absolute atomic E-state index is 0.0687. The van der Waals surface area contributed by atoms with E-state index in [-0.39, 0.29) is 29.8 Å². The molecule has 0 radical (unpaired) electrons. The number of hydrogen-bond donors (Lipinski definition) is 1. The molecule has 0 bridgehead atoms. The van der Waals surface area contributed by atoms with Crippen molar-refractivity contribution in [2.45, 2.75) is 27.7 Å². The lowest BCUT2D eigenvalue weighted by molar-refractivity contribution is -0.112. The van der Waals surface area contributed by atoms with Gasteiger partial charge in [-0.25, -0.2) is 14.6 Å². The minimum Gasteiger partial charge on any atom is -0.434 e. The third kappa shape index (κ3) is 6.99. The van der Waals surface area contributed by atoms with Gasteiger partial charge in [0.25, 0.3) is 5.91 Å². The first kappa shape index (κ1) is 20.1. The Kier molecular flexibility index (Phi) is 8.05. The second-order valence-corrected chi connectivity index (χ2v) is 5.47. The fourth-order valence-corrected chi connectivity index (χ4v) is 1.66. The molecule has 1 heterocycles. The molecule has 0 aliphatic heterocycles. The first-order chi connectivity index (χ1) is 11.9. The van der Waals surface area contributed by atoms with Gasteiger partial charge in [0, 0.05) is 11.8 Å². The topological polar surface area (TPSA) is 94.6 Å². The number of allylic oxidation sites excluding steroid dienone is 2. The molecule has 134 valence electrons. The van der Waals surface area contributed by atoms with Gasteiger partial charge in [-0.2, -0.15) is 0 Å². The molecule has 25 heavy (non-hydrogen) atoms. The van der Waals surface area contributed by atoms with Crippen molar-refractivity contribution in [1.82, 2.24) is 4.98 Å². The summed E-state index contributed by atoms with van der Waals surface area (Å²) in [5, 5.41) is 2.60. The number of rotatable bonds is 6. The molecule has 1 rings (SSSR count). The number of carbonyl (C=O) groups is 3. The fraction of sp³-hybridized carbons (Fsp3) is 0.333. The van der Waals surface area contributed by atoms with Gasteiger partial charge >= 0.3 is 12.1 Å². The van der Waals surface area contributed by atoms with E-state index in [9.17, 15) is 14.4 Å². The summed E-state index contributed by atoms with van der Waals surface area (Å²) < 4.78 is 9.31. The zero-order chi connectivity index (χ0) is 18.8. The van der Waals surface area contributed by atoms with Crippen LogP contribution in [0.2, 0.25) is 0 Å². The Morgan fingerprint density at radius 1 is 1.24 bits per heavy atom. The summed E-state index contributed by atoms with van der Waals surface area (Å²) >= 11 is 0. The lowest BCUT2D eigenvalue weighted by Gasteiger charge is -2.07. The third-order valence-corrected chi connectivity index (χ3v) is 2.87. The summed E-state index contributed by atoms with van der Waals surface area (Å²) in [4.78, 5) is 39.1. The van der Waals surface area contributed by atoms with E-state index in [0.717, 1.165) is 0 Å². The number of amides is 1. The van der Waals surface area contributed by atoms with Crippen molar-refractivity contribution in [1.29, 1.82) is 0 Å². The van der Waals surface area contributed by atoms with Crippen molar-refractivity contribution < 1.29 is 23.9 Å². The number of nitrogens with zero attached hydrogens (tertiary/aromatic N) is 1. The first-order valence-corrected chi connectivity index (χ1v) is 7.82. The average molecular weight is 346 g/mol. The molecule has 1 aromatic rings. The molecule has 0 unspecified atom stereocenters. The highest BCUT2D eigenvalue weighted by atomic mass is 16.7. The van der Waals surface area contributed by atoms with E-state index in [1.165, 1.54) is 18.3 Å². The Morgan fingerprint density at radius 2 is 1.96 bits per heavy atom. The van der Waals surface area contributed by atoms with Crippen LogP contribution in [0.1, 0.15) is 38.1 Å². The Balaban J connectivity index is 2.65. The summed E-state index contributed by atoms with van der Waals surface area (Å²) in [5.74, 6) is -0.785. The molecule has 0 aliphatic rings. The summed E-state index contributed by atoms with van der Waals surface area (Å²) in [7, 11) is 0. The molecule has 0 atom stereocenters. The van der Waals surface area contributed by atoms with Crippen molar-refractivity contribution in [3.63, 3.8) is 0 Å². The molecule has 0 spiro atoms. The molecule has 0 saturated carbocycles. The van der Waals surface area contributed by atoms with Crippen LogP contribution >= 0.6 is 0 Å². The van der Waals surface area contributed by atoms with Gasteiger partial charge in [-0.1, -0.05) is 32.1 Å². The van der Waals surface area contributed by atoms with Gasteiger partial charge in [-0.15, -0.1) is 0 Å². The number of esters is 1. The Bertz CT molecular complexity index is 675. The van der Waals surface area contributed by atoms with E-state index in [4.69, 9.17) is 4.74 Å². The largest absolute Gasteiger partial charge is 0.516 e. The van der Waals surface area contributed by atoms with E-state index in [1.54, 1.807) is 25.2 Å². The zero-order valence-electron chi connectivity index (χ0n) is 14.7. The van der Waals surface area contributed by atoms with E-state index in [1.807, 2.05) is 20.8 Å². The van der Waals surface area contributed by atoms with E-state index in [0.29, 0.717) is 5.57 Å². The Hall–Kier alpha value is -2.96. The van der Waals surface area contributed by atoms with Crippen LogP contribution in [0.3, 0.4) is 0 Å². The molecule has 7 nitrogen and oxygen atoms in total. The standard InChI is InChI=1S/C18H22N2O5/c1-5-7-13(6-2)16(21)20-15-9-8-14(10-19-15)17(22)25-18(23)24-11-12(3)4/h5-10,12H,11H2,1-4H3,(H,19,20,21)/b7-5-,13-6+. The second-order valence-electron chi connectivity index (χ2n) is 5.47. The van der Waals surface area contributed by atoms with Crippen molar-refractivity contribution in [3.8, 4) is 0 Å². The van der Waals surface area contributed by atoms with Crippen molar-refractivity contribution in [2.75, 3.05) is 11.9 Å². The highest BCUT2D eigenvalue weighted by molar-refractivity contribution is 6.05. The van der Waals surface area contributed by atoms with Crippen LogP contribution in [0, 0.1) is 5.92 Å². The maximum absolute atomic E-state index is 12.0. The average Bonchev–Trinajstić information content (AvgIpc) is 2.58. The predicted molar refractivity (Wildman–Crippen MR) is 93.0 cm³/mol. The lowest BCUT2D eigenvalue weighted by Crippen LogP contribution is -2.17. The van der Waals surface area contributed by atoms with Gasteiger partial charge in [0.15, 0.2) is 0 Å². The van der Waals surface area contributed by atoms with Crippen molar-refractivity contribution in [3.05, 3.63) is 47.7 Å². The number of hydrogen-bond acceptors (Lipinski definition) is 6. The monoisotopic (exact) mass is 346 g/mol. The third-order valence-electron chi connectivity index (χ3n) is 2.87. The van der Waals surface area contributed by atoms with Crippen LogP contribution < -0.4 is 5.32 Å². The highest BCUT2D eigenvalue weighted by Crippen LogP contribution is 2.09. The summed E-state index contributed by atoms with van der Waals surface area (Å²) in [6, 6.07) is 2.84. The molecule has 0 fully saturated rings. The first-order valence-electron chi connectivity index (χ1n) is 7.82. The van der Waals surface area contributed by atoms with Gasteiger partial charge < -0.3 is 14.8 Å². The van der Waals surface area contributed by atoms with Crippen LogP contribution in [-0.2, 0) is 14.3 Å². The molecular formula is C18H22N2O5. The summed E-state index contributed by atoms with van der Waals surface area (Å²) in [5.41, 5.74) is 0.555. The summed E-state index contributed by atoms with van der Waals surface area (Å²) in [6.45, 7) is 7.44. The molecule has 1 aromatic heterocycles. The van der Waals surface area contributed by atoms with Crippen molar-refractivity contribution in [2.24, 2.45) is 5.92 Å². The number of nitrogens with one attached hydrogen (secondary N) is 1. The van der Waals surface area contributed by atoms with Crippen molar-refractivity contribution >= 4 is 23.8 Å². The Labute approximate surface area is 146 Å². The maximum atomic E-state index is 12.0. The molecule has 0 saturated heterocycles. The zero-order valence-corrected chi connectivity index (χ0v) is 14.7. The number of aromatic nitrogens is 1. The maximum Gasteiger partial charge on any atom is 0.516 e. The van der Waals surface area contributed by atoms with Crippen LogP contribution in [0.15, 0.2) is 42.1 Å². The minimum atomic E-state index is -1.06. The van der Waals surface area contributed by atoms with E-state index in [2.05, 4.69) is 15.0 Å². The van der Waals surface area contributed by atoms with Gasteiger partial charge in [-0.3, -0.25) is 4.79 Å². The molecular weight excluding hydrogens is 324 g/mol. The van der Waals surface area contributed by atoms with Crippen LogP contribution in [0.25, 0.3) is 0 Å². The fourth-order valence-electron chi connectivity index (χ4n) is 1.66. The van der Waals surface area contributed by atoms with Gasteiger partial charge in [0.1, 0.15) is 5.82 Å².